The van der Waals surface area contributed by atoms with Crippen LogP contribution >= 0.6 is 11.6 Å². The van der Waals surface area contributed by atoms with E-state index in [4.69, 9.17) is 30.9 Å². The number of halogens is 1. The standard InChI is InChI=1S/C27H31ClN4O5/c1-27(2,3)23-15-24(32(30-23)20-9-6-5-8-19(20)28)29-25(33)16-31(12-7-13-35-4)26(34)18-10-11-21-22(14-18)37-17-36-21/h5-6,8-11,14-15H,7,12-13,16-17H2,1-4H3,(H,29,33). The summed E-state index contributed by atoms with van der Waals surface area (Å²) in [4.78, 5) is 28.1. The number of para-hydroxylation sites is 1. The van der Waals surface area contributed by atoms with Crippen LogP contribution in [0.5, 0.6) is 11.5 Å². The third kappa shape index (κ3) is 6.23. The number of nitrogens with zero attached hydrogens (tertiary/aromatic N) is 3. The van der Waals surface area contributed by atoms with E-state index in [2.05, 4.69) is 5.32 Å². The lowest BCUT2D eigenvalue weighted by Gasteiger charge is -2.22. The highest BCUT2D eigenvalue weighted by atomic mass is 35.5. The Hall–Kier alpha value is -3.56. The van der Waals surface area contributed by atoms with Crippen LogP contribution in [-0.2, 0) is 14.9 Å². The normalized spacial score (nSPS) is 12.5. The van der Waals surface area contributed by atoms with E-state index >= 15 is 0 Å². The van der Waals surface area contributed by atoms with Gasteiger partial charge in [-0.3, -0.25) is 9.59 Å². The zero-order valence-electron chi connectivity index (χ0n) is 21.4. The highest BCUT2D eigenvalue weighted by Crippen LogP contribution is 2.33. The van der Waals surface area contributed by atoms with Crippen molar-refractivity contribution in [2.45, 2.75) is 32.6 Å². The SMILES string of the molecule is COCCCN(CC(=O)Nc1cc(C(C)(C)C)nn1-c1ccccc1Cl)C(=O)c1ccc2c(c1)OCO2. The quantitative estimate of drug-likeness (QED) is 0.407. The predicted octanol–water partition coefficient (Wildman–Crippen LogP) is 4.67. The number of rotatable bonds is 9. The number of carbonyl (C=O) groups is 2. The molecule has 0 aliphatic carbocycles. The van der Waals surface area contributed by atoms with Crippen molar-refractivity contribution < 1.29 is 23.8 Å². The molecule has 2 aromatic carbocycles. The maximum Gasteiger partial charge on any atom is 0.254 e. The average molecular weight is 527 g/mol. The first-order valence-corrected chi connectivity index (χ1v) is 12.4. The van der Waals surface area contributed by atoms with Crippen molar-refractivity contribution in [3.63, 3.8) is 0 Å². The summed E-state index contributed by atoms with van der Waals surface area (Å²) in [6, 6.07) is 14.1. The number of methoxy groups -OCH3 is 1. The number of benzene rings is 2. The van der Waals surface area contributed by atoms with E-state index in [1.54, 1.807) is 36.1 Å². The zero-order valence-corrected chi connectivity index (χ0v) is 22.2. The fraction of sp³-hybridized carbons (Fsp3) is 0.370. The zero-order chi connectivity index (χ0) is 26.6. The summed E-state index contributed by atoms with van der Waals surface area (Å²) in [6.07, 6.45) is 0.575. The molecule has 4 rings (SSSR count). The lowest BCUT2D eigenvalue weighted by molar-refractivity contribution is -0.117. The molecule has 0 saturated carbocycles. The summed E-state index contributed by atoms with van der Waals surface area (Å²) in [5.74, 6) is 0.906. The number of nitrogens with one attached hydrogen (secondary N) is 1. The van der Waals surface area contributed by atoms with Gasteiger partial charge in [0, 0.05) is 37.3 Å². The molecule has 0 spiro atoms. The number of ether oxygens (including phenoxy) is 3. The van der Waals surface area contributed by atoms with Gasteiger partial charge < -0.3 is 24.4 Å². The second-order valence-corrected chi connectivity index (χ2v) is 10.1. The number of aromatic nitrogens is 2. The molecule has 0 saturated heterocycles. The molecule has 2 amide bonds. The van der Waals surface area contributed by atoms with E-state index in [-0.39, 0.29) is 30.6 Å². The molecule has 0 atom stereocenters. The third-order valence-corrected chi connectivity index (χ3v) is 6.16. The predicted molar refractivity (Wildman–Crippen MR) is 141 cm³/mol. The van der Waals surface area contributed by atoms with Crippen LogP contribution in [0, 0.1) is 0 Å². The Labute approximate surface area is 221 Å². The first-order valence-electron chi connectivity index (χ1n) is 12.0. The summed E-state index contributed by atoms with van der Waals surface area (Å²) in [6.45, 7) is 6.88. The van der Waals surface area contributed by atoms with Gasteiger partial charge >= 0.3 is 0 Å². The highest BCUT2D eigenvalue weighted by molar-refractivity contribution is 6.32. The number of anilines is 1. The van der Waals surface area contributed by atoms with E-state index in [1.807, 2.05) is 45.0 Å². The van der Waals surface area contributed by atoms with Gasteiger partial charge in [0.1, 0.15) is 12.4 Å². The van der Waals surface area contributed by atoms with E-state index in [9.17, 15) is 9.59 Å². The monoisotopic (exact) mass is 526 g/mol. The molecular formula is C27H31ClN4O5. The second-order valence-electron chi connectivity index (χ2n) is 9.72. The smallest absolute Gasteiger partial charge is 0.254 e. The molecule has 0 bridgehead atoms. The number of carbonyl (C=O) groups excluding carboxylic acids is 2. The minimum absolute atomic E-state index is 0.114. The van der Waals surface area contributed by atoms with Crippen molar-refractivity contribution in [1.82, 2.24) is 14.7 Å². The molecule has 2 heterocycles. The summed E-state index contributed by atoms with van der Waals surface area (Å²) < 4.78 is 17.5. The van der Waals surface area contributed by atoms with Crippen molar-refractivity contribution in [2.75, 3.05) is 38.9 Å². The maximum atomic E-state index is 13.4. The molecule has 1 N–H and O–H groups in total. The van der Waals surface area contributed by atoms with Gasteiger partial charge in [-0.2, -0.15) is 5.10 Å². The van der Waals surface area contributed by atoms with E-state index in [1.165, 1.54) is 4.90 Å². The number of hydrogen-bond acceptors (Lipinski definition) is 6. The summed E-state index contributed by atoms with van der Waals surface area (Å²) in [5, 5.41) is 8.15. The Kier molecular flexibility index (Phi) is 8.04. The molecule has 0 radical (unpaired) electrons. The molecule has 196 valence electrons. The van der Waals surface area contributed by atoms with Crippen LogP contribution in [0.1, 0.15) is 43.2 Å². The molecule has 1 aliphatic rings. The Balaban J connectivity index is 1.57. The van der Waals surface area contributed by atoms with Gasteiger partial charge in [0.05, 0.1) is 16.4 Å². The Morgan fingerprint density at radius 3 is 2.62 bits per heavy atom. The number of hydrogen-bond donors (Lipinski definition) is 1. The lowest BCUT2D eigenvalue weighted by atomic mass is 9.92. The molecule has 0 unspecified atom stereocenters. The molecule has 3 aromatic rings. The molecular weight excluding hydrogens is 496 g/mol. The molecule has 9 nitrogen and oxygen atoms in total. The van der Waals surface area contributed by atoms with Crippen molar-refractivity contribution in [3.05, 3.63) is 64.8 Å². The fourth-order valence-electron chi connectivity index (χ4n) is 3.86. The minimum Gasteiger partial charge on any atom is -0.454 e. The largest absolute Gasteiger partial charge is 0.454 e. The summed E-state index contributed by atoms with van der Waals surface area (Å²) >= 11 is 6.44. The van der Waals surface area contributed by atoms with E-state index in [0.29, 0.717) is 53.2 Å². The lowest BCUT2D eigenvalue weighted by Crippen LogP contribution is -2.39. The Bertz CT molecular complexity index is 1280. The average Bonchev–Trinajstić information content (AvgIpc) is 3.50. The second kappa shape index (κ2) is 11.2. The van der Waals surface area contributed by atoms with Gasteiger partial charge in [0.2, 0.25) is 12.7 Å². The summed E-state index contributed by atoms with van der Waals surface area (Å²) in [7, 11) is 1.60. The van der Waals surface area contributed by atoms with Crippen LogP contribution in [0.15, 0.2) is 48.5 Å². The van der Waals surface area contributed by atoms with Crippen LogP contribution in [0.3, 0.4) is 0 Å². The number of fused-ring (bicyclic) bond motifs is 1. The molecule has 0 fully saturated rings. The van der Waals surface area contributed by atoms with Gasteiger partial charge in [-0.25, -0.2) is 4.68 Å². The van der Waals surface area contributed by atoms with Gasteiger partial charge in [-0.15, -0.1) is 0 Å². The molecule has 10 heteroatoms. The fourth-order valence-corrected chi connectivity index (χ4v) is 4.08. The first-order chi connectivity index (χ1) is 17.7. The van der Waals surface area contributed by atoms with Gasteiger partial charge in [0.25, 0.3) is 5.91 Å². The Morgan fingerprint density at radius 1 is 1.14 bits per heavy atom. The van der Waals surface area contributed by atoms with Crippen molar-refractivity contribution >= 4 is 29.2 Å². The minimum atomic E-state index is -0.361. The molecule has 1 aromatic heterocycles. The molecule has 37 heavy (non-hydrogen) atoms. The van der Waals surface area contributed by atoms with Gasteiger partial charge in [-0.05, 0) is 36.8 Å². The van der Waals surface area contributed by atoms with E-state index in [0.717, 1.165) is 5.69 Å². The first kappa shape index (κ1) is 26.5. The van der Waals surface area contributed by atoms with E-state index < -0.39 is 0 Å². The van der Waals surface area contributed by atoms with Gasteiger partial charge in [0.15, 0.2) is 11.5 Å². The van der Waals surface area contributed by atoms with Crippen LogP contribution in [0.25, 0.3) is 5.69 Å². The van der Waals surface area contributed by atoms with Crippen molar-refractivity contribution in [2.24, 2.45) is 0 Å². The van der Waals surface area contributed by atoms with Gasteiger partial charge in [-0.1, -0.05) is 44.5 Å². The van der Waals surface area contributed by atoms with Crippen LogP contribution in [0.2, 0.25) is 5.02 Å². The van der Waals surface area contributed by atoms with Crippen LogP contribution < -0.4 is 14.8 Å². The highest BCUT2D eigenvalue weighted by Gasteiger charge is 2.25. The molecule has 1 aliphatic heterocycles. The van der Waals surface area contributed by atoms with Crippen LogP contribution in [0.4, 0.5) is 5.82 Å². The Morgan fingerprint density at radius 2 is 1.89 bits per heavy atom. The number of amides is 2. The van der Waals surface area contributed by atoms with Crippen molar-refractivity contribution in [1.29, 1.82) is 0 Å². The third-order valence-electron chi connectivity index (χ3n) is 5.84. The van der Waals surface area contributed by atoms with Crippen molar-refractivity contribution in [3.8, 4) is 17.2 Å². The topological polar surface area (TPSA) is 94.9 Å². The maximum absolute atomic E-state index is 13.4. The summed E-state index contributed by atoms with van der Waals surface area (Å²) in [5.41, 5.74) is 1.58. The van der Waals surface area contributed by atoms with Crippen LogP contribution in [-0.4, -0.2) is 60.1 Å².